The molecule has 3 aromatic rings. The van der Waals surface area contributed by atoms with Gasteiger partial charge < -0.3 is 35.0 Å². The van der Waals surface area contributed by atoms with Crippen LogP contribution in [0.1, 0.15) is 5.56 Å². The zero-order valence-corrected chi connectivity index (χ0v) is 20.2. The molecule has 1 aromatic heterocycles. The van der Waals surface area contributed by atoms with Crippen molar-refractivity contribution in [2.75, 3.05) is 38.8 Å². The Labute approximate surface area is 215 Å². The fraction of sp³-hybridized carbons (Fsp3) is 0.292. The van der Waals surface area contributed by atoms with Crippen LogP contribution in [0, 0.1) is 0 Å². The average Bonchev–Trinajstić information content (AvgIpc) is 3.43. The van der Waals surface area contributed by atoms with Crippen LogP contribution in [0.4, 0.5) is 23.7 Å². The van der Waals surface area contributed by atoms with Gasteiger partial charge in [0, 0.05) is 24.8 Å². The average molecular weight is 540 g/mol. The van der Waals surface area contributed by atoms with E-state index < -0.39 is 12.1 Å². The van der Waals surface area contributed by atoms with Crippen molar-refractivity contribution in [3.05, 3.63) is 60.4 Å². The number of aromatic nitrogens is 2. The third-order valence-corrected chi connectivity index (χ3v) is 4.81. The van der Waals surface area contributed by atoms with Crippen molar-refractivity contribution < 1.29 is 47.6 Å². The molecule has 0 aliphatic heterocycles. The number of carboxylic acids is 1. The van der Waals surface area contributed by atoms with Gasteiger partial charge >= 0.3 is 18.2 Å². The summed E-state index contributed by atoms with van der Waals surface area (Å²) in [5, 5.41) is 35.2. The van der Waals surface area contributed by atoms with E-state index in [1.807, 2.05) is 30.3 Å². The number of aliphatic hydroxyl groups excluding tert-OH is 2. The van der Waals surface area contributed by atoms with Crippen LogP contribution in [0.3, 0.4) is 0 Å². The topological polar surface area (TPSA) is 157 Å². The molecule has 5 N–H and O–H groups in total. The Bertz CT molecular complexity index is 1170. The second-order valence-electron chi connectivity index (χ2n) is 7.50. The molecule has 206 valence electrons. The molecule has 0 saturated carbocycles. The van der Waals surface area contributed by atoms with Crippen LogP contribution in [-0.4, -0.2) is 82.1 Å². The summed E-state index contributed by atoms with van der Waals surface area (Å²) < 4.78 is 42.6. The number of methoxy groups -OCH3 is 1. The molecule has 0 radical (unpaired) electrons. The molecule has 0 atom stereocenters. The van der Waals surface area contributed by atoms with E-state index in [-0.39, 0.29) is 32.4 Å². The van der Waals surface area contributed by atoms with Gasteiger partial charge in [0.1, 0.15) is 18.1 Å². The van der Waals surface area contributed by atoms with E-state index >= 15 is 0 Å². The van der Waals surface area contributed by atoms with Crippen molar-refractivity contribution in [2.45, 2.75) is 12.7 Å². The molecule has 0 aliphatic rings. The number of halogens is 3. The number of hydrogen-bond acceptors (Lipinski definition) is 7. The van der Waals surface area contributed by atoms with E-state index in [9.17, 15) is 23.1 Å². The molecule has 38 heavy (non-hydrogen) atoms. The Morgan fingerprint density at radius 2 is 1.84 bits per heavy atom. The highest BCUT2D eigenvalue weighted by Gasteiger charge is 2.38. The number of nitrogens with zero attached hydrogens (tertiary/aromatic N) is 2. The van der Waals surface area contributed by atoms with E-state index in [1.54, 1.807) is 31.6 Å². The van der Waals surface area contributed by atoms with Gasteiger partial charge in [-0.3, -0.25) is 5.10 Å². The van der Waals surface area contributed by atoms with Crippen LogP contribution in [0.2, 0.25) is 0 Å². The lowest BCUT2D eigenvalue weighted by Gasteiger charge is -2.23. The predicted octanol–water partition coefficient (Wildman–Crippen LogP) is 3.12. The summed E-state index contributed by atoms with van der Waals surface area (Å²) in [7, 11) is 1.58. The minimum atomic E-state index is -5.08. The zero-order valence-electron chi connectivity index (χ0n) is 20.2. The van der Waals surface area contributed by atoms with Crippen LogP contribution in [0.5, 0.6) is 11.5 Å². The normalized spacial score (nSPS) is 10.7. The summed E-state index contributed by atoms with van der Waals surface area (Å²) in [6.45, 7) is 0.203. The number of urea groups is 1. The summed E-state index contributed by atoms with van der Waals surface area (Å²) in [5.74, 6) is -1.64. The fourth-order valence-corrected chi connectivity index (χ4v) is 3.05. The molecule has 3 rings (SSSR count). The maximum absolute atomic E-state index is 13.0. The molecule has 0 aliphatic carbocycles. The van der Waals surface area contributed by atoms with Gasteiger partial charge in [-0.1, -0.05) is 18.2 Å². The van der Waals surface area contributed by atoms with Crippen molar-refractivity contribution in [1.29, 1.82) is 0 Å². The largest absolute Gasteiger partial charge is 0.497 e. The van der Waals surface area contributed by atoms with Gasteiger partial charge in [-0.05, 0) is 35.4 Å². The van der Waals surface area contributed by atoms with E-state index in [0.29, 0.717) is 23.7 Å². The van der Waals surface area contributed by atoms with Crippen LogP contribution in [0.25, 0.3) is 11.1 Å². The number of alkyl halides is 3. The highest BCUT2D eigenvalue weighted by atomic mass is 19.4. The number of anilines is 1. The Hall–Kier alpha value is -4.30. The highest BCUT2D eigenvalue weighted by Crippen LogP contribution is 2.31. The molecular weight excluding hydrogens is 513 g/mol. The minimum Gasteiger partial charge on any atom is -0.497 e. The number of carboxylic acid groups (broad SMARTS) is 1. The lowest BCUT2D eigenvalue weighted by Crippen LogP contribution is -2.36. The number of hydrogen-bond donors (Lipinski definition) is 5. The number of aliphatic carboxylic acids is 1. The summed E-state index contributed by atoms with van der Waals surface area (Å²) in [6, 6.07) is 12.4. The van der Waals surface area contributed by atoms with E-state index in [0.717, 1.165) is 16.7 Å². The first-order chi connectivity index (χ1) is 18.1. The Balaban J connectivity index is 0.000000638. The molecule has 0 bridgehead atoms. The van der Waals surface area contributed by atoms with Crippen LogP contribution < -0.4 is 14.8 Å². The SMILES string of the molecule is COc1cccc(CN(CCO)C(=O)Nc2ccc(-c3cn[nH]c3)cc2OCCO)c1.O=C(O)C(F)(F)F. The molecule has 1 heterocycles. The number of aliphatic hydroxyl groups is 2. The smallest absolute Gasteiger partial charge is 0.490 e. The predicted molar refractivity (Wildman–Crippen MR) is 130 cm³/mol. The molecule has 0 saturated heterocycles. The second-order valence-corrected chi connectivity index (χ2v) is 7.50. The van der Waals surface area contributed by atoms with Gasteiger partial charge in [-0.25, -0.2) is 9.59 Å². The number of rotatable bonds is 10. The lowest BCUT2D eigenvalue weighted by molar-refractivity contribution is -0.192. The number of ether oxygens (including phenoxy) is 2. The molecule has 0 spiro atoms. The molecule has 2 amide bonds. The van der Waals surface area contributed by atoms with Crippen LogP contribution in [0.15, 0.2) is 54.9 Å². The van der Waals surface area contributed by atoms with Gasteiger partial charge in [0.25, 0.3) is 0 Å². The highest BCUT2D eigenvalue weighted by molar-refractivity contribution is 5.91. The number of benzene rings is 2. The number of carbonyl (C=O) groups is 2. The Morgan fingerprint density at radius 1 is 1.11 bits per heavy atom. The summed E-state index contributed by atoms with van der Waals surface area (Å²) in [4.78, 5) is 23.3. The quantitative estimate of drug-likeness (QED) is 0.263. The number of nitrogens with one attached hydrogen (secondary N) is 2. The first kappa shape index (κ1) is 29.9. The molecule has 0 unspecified atom stereocenters. The number of carbonyl (C=O) groups excluding carboxylic acids is 1. The maximum atomic E-state index is 13.0. The second kappa shape index (κ2) is 14.4. The summed E-state index contributed by atoms with van der Waals surface area (Å²) in [5.41, 5.74) is 3.05. The maximum Gasteiger partial charge on any atom is 0.490 e. The summed E-state index contributed by atoms with van der Waals surface area (Å²) >= 11 is 0. The van der Waals surface area contributed by atoms with Gasteiger partial charge in [-0.2, -0.15) is 18.3 Å². The van der Waals surface area contributed by atoms with Gasteiger partial charge in [-0.15, -0.1) is 0 Å². The molecule has 14 heteroatoms. The Morgan fingerprint density at radius 3 is 2.42 bits per heavy atom. The molecule has 11 nitrogen and oxygen atoms in total. The van der Waals surface area contributed by atoms with Crippen molar-refractivity contribution in [3.63, 3.8) is 0 Å². The zero-order chi connectivity index (χ0) is 28.1. The van der Waals surface area contributed by atoms with Gasteiger partial charge in [0.2, 0.25) is 0 Å². The van der Waals surface area contributed by atoms with Crippen molar-refractivity contribution in [3.8, 4) is 22.6 Å². The molecular formula is C24H27F3N4O7. The van der Waals surface area contributed by atoms with Crippen molar-refractivity contribution >= 4 is 17.7 Å². The molecule has 2 aromatic carbocycles. The van der Waals surface area contributed by atoms with Crippen LogP contribution >= 0.6 is 0 Å². The summed E-state index contributed by atoms with van der Waals surface area (Å²) in [6.07, 6.45) is -1.65. The first-order valence-electron chi connectivity index (χ1n) is 11.1. The first-order valence-corrected chi connectivity index (χ1v) is 11.1. The Kier molecular flexibility index (Phi) is 11.4. The third kappa shape index (κ3) is 9.29. The van der Waals surface area contributed by atoms with E-state index in [4.69, 9.17) is 24.5 Å². The minimum absolute atomic E-state index is 0.0852. The van der Waals surface area contributed by atoms with Gasteiger partial charge in [0.05, 0.1) is 32.2 Å². The lowest BCUT2D eigenvalue weighted by atomic mass is 10.1. The number of amides is 2. The van der Waals surface area contributed by atoms with Crippen molar-refractivity contribution in [2.24, 2.45) is 0 Å². The third-order valence-electron chi connectivity index (χ3n) is 4.81. The van der Waals surface area contributed by atoms with Crippen LogP contribution in [-0.2, 0) is 11.3 Å². The monoisotopic (exact) mass is 540 g/mol. The van der Waals surface area contributed by atoms with Crippen molar-refractivity contribution in [1.82, 2.24) is 15.1 Å². The number of H-pyrrole nitrogens is 1. The molecule has 0 fully saturated rings. The number of aromatic amines is 1. The van der Waals surface area contributed by atoms with E-state index in [2.05, 4.69) is 15.5 Å². The van der Waals surface area contributed by atoms with E-state index in [1.165, 1.54) is 4.90 Å². The fourth-order valence-electron chi connectivity index (χ4n) is 3.05. The standard InChI is InChI=1S/C22H26N4O5.C2HF3O2/c1-30-19-4-2-3-16(11-19)15-26(7-8-27)22(29)25-20-6-5-17(18-13-23-24-14-18)12-21(20)31-10-9-28;3-2(4,5)1(6)7/h2-6,11-14,27-28H,7-10,15H2,1H3,(H,23,24)(H,25,29);(H,6,7). The van der Waals surface area contributed by atoms with Gasteiger partial charge in [0.15, 0.2) is 0 Å².